The van der Waals surface area contributed by atoms with E-state index in [0.29, 0.717) is 28.9 Å². The molecular weight excluding hydrogens is 353 g/mol. The Bertz CT molecular complexity index is 532. The zero-order valence-electron chi connectivity index (χ0n) is 9.96. The first kappa shape index (κ1) is 14.7. The average molecular weight is 365 g/mol. The van der Waals surface area contributed by atoms with Gasteiger partial charge in [-0.3, -0.25) is 0 Å². The lowest BCUT2D eigenvalue weighted by atomic mass is 10.3. The Labute approximate surface area is 130 Å². The summed E-state index contributed by atoms with van der Waals surface area (Å²) >= 11 is 15.3. The Balaban J connectivity index is 1.75. The summed E-state index contributed by atoms with van der Waals surface area (Å²) in [5.74, 6) is 0.583. The van der Waals surface area contributed by atoms with E-state index in [1.165, 1.54) is 0 Å². The highest BCUT2D eigenvalue weighted by atomic mass is 79.9. The molecule has 6 heteroatoms. The summed E-state index contributed by atoms with van der Waals surface area (Å²) in [6, 6.07) is 5.33. The zero-order valence-corrected chi connectivity index (χ0v) is 13.1. The van der Waals surface area contributed by atoms with Crippen molar-refractivity contribution in [1.29, 1.82) is 0 Å². The fraction of sp³-hybridized carbons (Fsp3) is 0.231. The molecule has 0 unspecified atom stereocenters. The van der Waals surface area contributed by atoms with E-state index in [-0.39, 0.29) is 0 Å². The second-order valence-electron chi connectivity index (χ2n) is 3.85. The van der Waals surface area contributed by atoms with E-state index in [2.05, 4.69) is 21.2 Å². The van der Waals surface area contributed by atoms with E-state index in [0.717, 1.165) is 16.6 Å². The minimum Gasteiger partial charge on any atom is -0.491 e. The number of hydrogen-bond acceptors (Lipinski definition) is 3. The Morgan fingerprint density at radius 1 is 1.26 bits per heavy atom. The van der Waals surface area contributed by atoms with Crippen molar-refractivity contribution in [3.8, 4) is 5.75 Å². The fourth-order valence-corrected chi connectivity index (χ4v) is 2.32. The molecule has 0 radical (unpaired) electrons. The number of ether oxygens (including phenoxy) is 1. The minimum atomic E-state index is 0.509. The van der Waals surface area contributed by atoms with Crippen molar-refractivity contribution < 1.29 is 9.15 Å². The maximum Gasteiger partial charge on any atom is 0.139 e. The molecule has 1 aromatic carbocycles. The highest BCUT2D eigenvalue weighted by molar-refractivity contribution is 9.10. The van der Waals surface area contributed by atoms with Crippen molar-refractivity contribution in [2.45, 2.75) is 6.54 Å². The summed E-state index contributed by atoms with van der Waals surface area (Å²) in [6.07, 6.45) is 3.36. The first-order valence-electron chi connectivity index (χ1n) is 5.66. The first-order valence-corrected chi connectivity index (χ1v) is 7.21. The molecule has 0 spiro atoms. The van der Waals surface area contributed by atoms with Crippen LogP contribution in [0.3, 0.4) is 0 Å². The van der Waals surface area contributed by atoms with Gasteiger partial charge in [-0.25, -0.2) is 0 Å². The molecule has 2 rings (SSSR count). The molecule has 0 aliphatic heterocycles. The van der Waals surface area contributed by atoms with Gasteiger partial charge in [-0.1, -0.05) is 23.2 Å². The van der Waals surface area contributed by atoms with Crippen molar-refractivity contribution in [2.24, 2.45) is 0 Å². The van der Waals surface area contributed by atoms with Crippen LogP contribution in [0, 0.1) is 0 Å². The topological polar surface area (TPSA) is 34.4 Å². The van der Waals surface area contributed by atoms with Crippen molar-refractivity contribution in [3.05, 3.63) is 50.8 Å². The second kappa shape index (κ2) is 7.20. The molecule has 102 valence electrons. The predicted octanol–water partition coefficient (Wildman–Crippen LogP) is 4.52. The van der Waals surface area contributed by atoms with Gasteiger partial charge >= 0.3 is 0 Å². The molecule has 0 amide bonds. The molecule has 19 heavy (non-hydrogen) atoms. The standard InChI is InChI=1S/C13H12BrCl2NO2/c14-10-5-12(16)13(6-11(10)15)19-4-2-17-7-9-1-3-18-8-9/h1,3,5-6,8,17H,2,4,7H2. The van der Waals surface area contributed by atoms with Crippen LogP contribution in [0.15, 0.2) is 39.6 Å². The molecule has 2 aromatic rings. The van der Waals surface area contributed by atoms with Gasteiger partial charge in [0, 0.05) is 29.2 Å². The van der Waals surface area contributed by atoms with Crippen LogP contribution in [0.1, 0.15) is 5.56 Å². The van der Waals surface area contributed by atoms with Gasteiger partial charge in [0.25, 0.3) is 0 Å². The molecule has 3 nitrogen and oxygen atoms in total. The lowest BCUT2D eigenvalue weighted by Gasteiger charge is -2.09. The van der Waals surface area contributed by atoms with Gasteiger partial charge in [0.05, 0.1) is 22.6 Å². The van der Waals surface area contributed by atoms with Crippen LogP contribution in [0.4, 0.5) is 0 Å². The maximum absolute atomic E-state index is 6.05. The first-order chi connectivity index (χ1) is 9.16. The minimum absolute atomic E-state index is 0.509. The van der Waals surface area contributed by atoms with E-state index in [9.17, 15) is 0 Å². The summed E-state index contributed by atoms with van der Waals surface area (Å²) in [5.41, 5.74) is 1.10. The Hall–Kier alpha value is -0.680. The number of halogens is 3. The van der Waals surface area contributed by atoms with Gasteiger partial charge in [0.2, 0.25) is 0 Å². The molecule has 0 aliphatic rings. The molecule has 1 N–H and O–H groups in total. The SMILES string of the molecule is Clc1cc(OCCNCc2ccoc2)c(Cl)cc1Br. The lowest BCUT2D eigenvalue weighted by molar-refractivity contribution is 0.313. The van der Waals surface area contributed by atoms with Gasteiger partial charge in [0.15, 0.2) is 0 Å². The molecule has 0 aliphatic carbocycles. The van der Waals surface area contributed by atoms with E-state index in [1.807, 2.05) is 6.07 Å². The summed E-state index contributed by atoms with van der Waals surface area (Å²) in [7, 11) is 0. The Kier molecular flexibility index (Phi) is 5.58. The van der Waals surface area contributed by atoms with Crippen molar-refractivity contribution in [1.82, 2.24) is 5.32 Å². The monoisotopic (exact) mass is 363 g/mol. The van der Waals surface area contributed by atoms with Crippen LogP contribution in [0.25, 0.3) is 0 Å². The van der Waals surface area contributed by atoms with Gasteiger partial charge in [-0.2, -0.15) is 0 Å². The number of hydrogen-bond donors (Lipinski definition) is 1. The van der Waals surface area contributed by atoms with E-state index >= 15 is 0 Å². The summed E-state index contributed by atoms with van der Waals surface area (Å²) in [4.78, 5) is 0. The van der Waals surface area contributed by atoms with Crippen LogP contribution in [0.5, 0.6) is 5.75 Å². The number of furan rings is 1. The third kappa shape index (κ3) is 4.42. The highest BCUT2D eigenvalue weighted by Gasteiger charge is 2.06. The van der Waals surface area contributed by atoms with Gasteiger partial charge in [-0.05, 0) is 28.1 Å². The van der Waals surface area contributed by atoms with Crippen molar-refractivity contribution in [2.75, 3.05) is 13.2 Å². The zero-order chi connectivity index (χ0) is 13.7. The van der Waals surface area contributed by atoms with Crippen molar-refractivity contribution in [3.63, 3.8) is 0 Å². The smallest absolute Gasteiger partial charge is 0.139 e. The molecule has 1 heterocycles. The Morgan fingerprint density at radius 2 is 2.11 bits per heavy atom. The van der Waals surface area contributed by atoms with Crippen LogP contribution in [-0.2, 0) is 6.54 Å². The largest absolute Gasteiger partial charge is 0.491 e. The highest BCUT2D eigenvalue weighted by Crippen LogP contribution is 2.33. The fourth-order valence-electron chi connectivity index (χ4n) is 1.47. The molecule has 1 aromatic heterocycles. The molecular formula is C13H12BrCl2NO2. The molecule has 0 saturated heterocycles. The van der Waals surface area contributed by atoms with Crippen LogP contribution < -0.4 is 10.1 Å². The summed E-state index contributed by atoms with van der Waals surface area (Å²) in [5, 5.41) is 4.34. The van der Waals surface area contributed by atoms with E-state index in [1.54, 1.807) is 24.7 Å². The van der Waals surface area contributed by atoms with Crippen LogP contribution in [-0.4, -0.2) is 13.2 Å². The maximum atomic E-state index is 6.05. The molecule has 0 bridgehead atoms. The molecule has 0 fully saturated rings. The third-order valence-electron chi connectivity index (χ3n) is 2.42. The Morgan fingerprint density at radius 3 is 2.84 bits per heavy atom. The second-order valence-corrected chi connectivity index (χ2v) is 5.52. The predicted molar refractivity (Wildman–Crippen MR) is 80.1 cm³/mol. The average Bonchev–Trinajstić information content (AvgIpc) is 2.88. The third-order valence-corrected chi connectivity index (χ3v) is 3.91. The number of nitrogens with one attached hydrogen (secondary N) is 1. The molecule has 0 atom stereocenters. The number of rotatable bonds is 6. The van der Waals surface area contributed by atoms with Crippen LogP contribution in [0.2, 0.25) is 10.0 Å². The number of benzene rings is 1. The van der Waals surface area contributed by atoms with Crippen LogP contribution >= 0.6 is 39.1 Å². The van der Waals surface area contributed by atoms with Gasteiger partial charge < -0.3 is 14.5 Å². The quantitative estimate of drug-likeness (QED) is 0.604. The molecule has 0 saturated carbocycles. The van der Waals surface area contributed by atoms with Gasteiger partial charge in [0.1, 0.15) is 12.4 Å². The summed E-state index contributed by atoms with van der Waals surface area (Å²) < 4.78 is 11.3. The van der Waals surface area contributed by atoms with E-state index < -0.39 is 0 Å². The summed E-state index contributed by atoms with van der Waals surface area (Å²) in [6.45, 7) is 1.96. The normalized spacial score (nSPS) is 10.7. The van der Waals surface area contributed by atoms with Crippen molar-refractivity contribution >= 4 is 39.1 Å². The lowest BCUT2D eigenvalue weighted by Crippen LogP contribution is -2.20. The van der Waals surface area contributed by atoms with E-state index in [4.69, 9.17) is 32.4 Å². The van der Waals surface area contributed by atoms with Gasteiger partial charge in [-0.15, -0.1) is 0 Å².